The van der Waals surface area contributed by atoms with Gasteiger partial charge in [0.2, 0.25) is 0 Å². The molecule has 0 atom stereocenters. The van der Waals surface area contributed by atoms with Crippen molar-refractivity contribution in [3.63, 3.8) is 0 Å². The van der Waals surface area contributed by atoms with Crippen LogP contribution in [-0.4, -0.2) is 18.6 Å². The number of carbonyl (C=O) groups excluding carboxylic acids is 1. The van der Waals surface area contributed by atoms with Gasteiger partial charge in [-0.05, 0) is 18.2 Å². The highest BCUT2D eigenvalue weighted by Gasteiger charge is 2.07. The predicted molar refractivity (Wildman–Crippen MR) is 51.1 cm³/mol. The van der Waals surface area contributed by atoms with Gasteiger partial charge in [-0.25, -0.2) is 4.39 Å². The van der Waals surface area contributed by atoms with Gasteiger partial charge in [-0.2, -0.15) is 12.6 Å². The van der Waals surface area contributed by atoms with Crippen LogP contribution in [0.2, 0.25) is 0 Å². The largest absolute Gasteiger partial charge is 0.494 e. The molecule has 1 aromatic carbocycles. The lowest BCUT2D eigenvalue weighted by molar-refractivity contribution is 0.102. The van der Waals surface area contributed by atoms with Crippen LogP contribution in [0.15, 0.2) is 18.2 Å². The van der Waals surface area contributed by atoms with E-state index in [0.29, 0.717) is 5.56 Å². The molecule has 0 radical (unpaired) electrons. The van der Waals surface area contributed by atoms with Gasteiger partial charge in [-0.1, -0.05) is 0 Å². The van der Waals surface area contributed by atoms with E-state index < -0.39 is 5.82 Å². The summed E-state index contributed by atoms with van der Waals surface area (Å²) in [7, 11) is 1.37. The van der Waals surface area contributed by atoms with Crippen molar-refractivity contribution in [1.82, 2.24) is 0 Å². The number of hydrogen-bond acceptors (Lipinski definition) is 3. The smallest absolute Gasteiger partial charge is 0.172 e. The van der Waals surface area contributed by atoms with E-state index in [1.54, 1.807) is 0 Å². The number of benzene rings is 1. The zero-order chi connectivity index (χ0) is 9.84. The lowest BCUT2D eigenvalue weighted by Crippen LogP contribution is -2.01. The number of methoxy groups -OCH3 is 1. The molecule has 0 aliphatic carbocycles. The number of thiol groups is 1. The molecule has 0 fully saturated rings. The molecule has 0 bridgehead atoms. The topological polar surface area (TPSA) is 26.3 Å². The van der Waals surface area contributed by atoms with E-state index in [1.165, 1.54) is 19.2 Å². The number of ether oxygens (including phenoxy) is 1. The molecule has 4 heteroatoms. The van der Waals surface area contributed by atoms with Crippen molar-refractivity contribution < 1.29 is 13.9 Å². The van der Waals surface area contributed by atoms with Crippen molar-refractivity contribution >= 4 is 18.4 Å². The summed E-state index contributed by atoms with van der Waals surface area (Å²) in [6.45, 7) is 0. The summed E-state index contributed by atoms with van der Waals surface area (Å²) in [4.78, 5) is 11.1. The maximum atomic E-state index is 13.0. The highest BCUT2D eigenvalue weighted by Crippen LogP contribution is 2.17. The first-order valence-corrected chi connectivity index (χ1v) is 4.30. The number of carbonyl (C=O) groups is 1. The zero-order valence-corrected chi connectivity index (χ0v) is 7.98. The first-order valence-electron chi connectivity index (χ1n) is 3.66. The second kappa shape index (κ2) is 4.28. The molecule has 0 amide bonds. The maximum Gasteiger partial charge on any atom is 0.172 e. The Hall–Kier alpha value is -1.03. The lowest BCUT2D eigenvalue weighted by Gasteiger charge is -2.02. The summed E-state index contributed by atoms with van der Waals surface area (Å²) >= 11 is 3.81. The summed E-state index contributed by atoms with van der Waals surface area (Å²) in [5, 5.41) is 0. The van der Waals surface area contributed by atoms with Crippen LogP contribution in [0, 0.1) is 5.82 Å². The number of hydrogen-bond donors (Lipinski definition) is 1. The van der Waals surface area contributed by atoms with Crippen molar-refractivity contribution in [2.24, 2.45) is 0 Å². The van der Waals surface area contributed by atoms with Gasteiger partial charge in [-0.15, -0.1) is 0 Å². The Bertz CT molecular complexity index is 325. The molecule has 0 spiro atoms. The molecule has 1 rings (SSSR count). The average Bonchev–Trinajstić information content (AvgIpc) is 2.16. The first kappa shape index (κ1) is 10.1. The molecule has 2 nitrogen and oxygen atoms in total. The summed E-state index contributed by atoms with van der Waals surface area (Å²) in [6.07, 6.45) is 0. The summed E-state index contributed by atoms with van der Waals surface area (Å²) in [5.74, 6) is -0.526. The molecule has 0 N–H and O–H groups in total. The third-order valence-electron chi connectivity index (χ3n) is 1.62. The van der Waals surface area contributed by atoms with Gasteiger partial charge in [0.15, 0.2) is 17.3 Å². The summed E-state index contributed by atoms with van der Waals surface area (Å²) < 4.78 is 17.8. The molecule has 0 aliphatic heterocycles. The van der Waals surface area contributed by atoms with E-state index in [0.717, 1.165) is 6.07 Å². The van der Waals surface area contributed by atoms with E-state index >= 15 is 0 Å². The second-order valence-corrected chi connectivity index (χ2v) is 2.75. The quantitative estimate of drug-likeness (QED) is 0.596. The third-order valence-corrected chi connectivity index (χ3v) is 1.90. The fraction of sp³-hybridized carbons (Fsp3) is 0.222. The van der Waals surface area contributed by atoms with E-state index in [9.17, 15) is 9.18 Å². The van der Waals surface area contributed by atoms with Crippen LogP contribution in [0.25, 0.3) is 0 Å². The standard InChI is InChI=1S/C9H9FO2S/c1-12-9-3-2-6(4-7(9)10)8(11)5-13/h2-4,13H,5H2,1H3. The SMILES string of the molecule is COc1ccc(C(=O)CS)cc1F. The van der Waals surface area contributed by atoms with Gasteiger partial charge in [0, 0.05) is 5.56 Å². The molecule has 13 heavy (non-hydrogen) atoms. The van der Waals surface area contributed by atoms with Gasteiger partial charge < -0.3 is 4.74 Å². The van der Waals surface area contributed by atoms with Crippen molar-refractivity contribution in [2.45, 2.75) is 0 Å². The fourth-order valence-electron chi connectivity index (χ4n) is 0.931. The molecule has 0 heterocycles. The minimum absolute atomic E-state index is 0.0752. The molecule has 0 saturated heterocycles. The van der Waals surface area contributed by atoms with E-state index in [4.69, 9.17) is 4.74 Å². The molecule has 0 aromatic heterocycles. The Kier molecular flexibility index (Phi) is 3.31. The molecular formula is C9H9FO2S. The van der Waals surface area contributed by atoms with Gasteiger partial charge in [0.25, 0.3) is 0 Å². The Labute approximate surface area is 81.1 Å². The van der Waals surface area contributed by atoms with Crippen LogP contribution in [0.3, 0.4) is 0 Å². The lowest BCUT2D eigenvalue weighted by atomic mass is 10.1. The van der Waals surface area contributed by atoms with Crippen LogP contribution < -0.4 is 4.74 Å². The van der Waals surface area contributed by atoms with Crippen molar-refractivity contribution in [2.75, 3.05) is 12.9 Å². The Balaban J connectivity index is 3.02. The van der Waals surface area contributed by atoms with Crippen molar-refractivity contribution in [3.05, 3.63) is 29.6 Å². The Morgan fingerprint density at radius 3 is 2.77 bits per heavy atom. The Morgan fingerprint density at radius 2 is 2.31 bits per heavy atom. The second-order valence-electron chi connectivity index (χ2n) is 2.43. The number of ketones is 1. The minimum Gasteiger partial charge on any atom is -0.494 e. The van der Waals surface area contributed by atoms with Crippen molar-refractivity contribution in [1.29, 1.82) is 0 Å². The molecule has 0 saturated carbocycles. The molecular weight excluding hydrogens is 191 g/mol. The molecule has 70 valence electrons. The van der Waals surface area contributed by atoms with Crippen LogP contribution >= 0.6 is 12.6 Å². The number of halogens is 1. The van der Waals surface area contributed by atoms with Gasteiger partial charge in [0.05, 0.1) is 12.9 Å². The Morgan fingerprint density at radius 1 is 1.62 bits per heavy atom. The van der Waals surface area contributed by atoms with Crippen molar-refractivity contribution in [3.8, 4) is 5.75 Å². The number of rotatable bonds is 3. The van der Waals surface area contributed by atoms with E-state index in [1.807, 2.05) is 0 Å². The van der Waals surface area contributed by atoms with Crippen LogP contribution in [0.4, 0.5) is 4.39 Å². The molecule has 1 aromatic rings. The van der Waals surface area contributed by atoms with Gasteiger partial charge in [0.1, 0.15) is 0 Å². The number of Topliss-reactive ketones (excluding diaryl/α,β-unsaturated/α-hetero) is 1. The average molecular weight is 200 g/mol. The summed E-state index contributed by atoms with van der Waals surface area (Å²) in [5.41, 5.74) is 0.313. The fourth-order valence-corrected chi connectivity index (χ4v) is 1.11. The first-order chi connectivity index (χ1) is 6.19. The van der Waals surface area contributed by atoms with Crippen LogP contribution in [0.5, 0.6) is 5.75 Å². The third kappa shape index (κ3) is 2.21. The monoisotopic (exact) mass is 200 g/mol. The summed E-state index contributed by atoms with van der Waals surface area (Å²) in [6, 6.07) is 4.09. The highest BCUT2D eigenvalue weighted by atomic mass is 32.1. The normalized spacial score (nSPS) is 9.77. The molecule has 0 unspecified atom stereocenters. The van der Waals surface area contributed by atoms with Crippen LogP contribution in [0.1, 0.15) is 10.4 Å². The molecule has 0 aliphatic rings. The zero-order valence-electron chi connectivity index (χ0n) is 7.08. The van der Waals surface area contributed by atoms with E-state index in [-0.39, 0.29) is 17.3 Å². The van der Waals surface area contributed by atoms with Crippen LogP contribution in [-0.2, 0) is 0 Å². The minimum atomic E-state index is -0.532. The highest BCUT2D eigenvalue weighted by molar-refractivity contribution is 7.81. The van der Waals surface area contributed by atoms with Gasteiger partial charge >= 0.3 is 0 Å². The maximum absolute atomic E-state index is 13.0. The van der Waals surface area contributed by atoms with Gasteiger partial charge in [-0.3, -0.25) is 4.79 Å². The van der Waals surface area contributed by atoms with E-state index in [2.05, 4.69) is 12.6 Å². The predicted octanol–water partition coefficient (Wildman–Crippen LogP) is 1.95.